The molecule has 4 rings (SSSR count). The first-order chi connectivity index (χ1) is 15.0. The summed E-state index contributed by atoms with van der Waals surface area (Å²) in [5.41, 5.74) is 2.53. The highest BCUT2D eigenvalue weighted by Gasteiger charge is 2.28. The normalized spacial score (nSPS) is 16.2. The summed E-state index contributed by atoms with van der Waals surface area (Å²) in [7, 11) is 1.36. The van der Waals surface area contributed by atoms with E-state index in [4.69, 9.17) is 9.72 Å². The van der Waals surface area contributed by atoms with Crippen molar-refractivity contribution in [3.63, 3.8) is 0 Å². The van der Waals surface area contributed by atoms with Gasteiger partial charge in [-0.3, -0.25) is 9.69 Å². The standard InChI is InChI=1S/C24H27N3O3S/c1-16(22(28)25-15-17-7-9-19(10-8-17)24(29)30-2)27-13-11-18(12-14-27)23-26-20-5-3-4-6-21(20)31-23/h3-10,16,18H,11-15H2,1-2H3,(H,25,28). The third kappa shape index (κ3) is 4.94. The predicted octanol–water partition coefficient (Wildman–Crippen LogP) is 3.97. The van der Waals surface area contributed by atoms with Gasteiger partial charge in [-0.2, -0.15) is 0 Å². The minimum Gasteiger partial charge on any atom is -0.465 e. The average molecular weight is 438 g/mol. The zero-order valence-corrected chi connectivity index (χ0v) is 18.7. The van der Waals surface area contributed by atoms with E-state index >= 15 is 0 Å². The number of nitrogens with zero attached hydrogens (tertiary/aromatic N) is 2. The van der Waals surface area contributed by atoms with Crippen LogP contribution >= 0.6 is 11.3 Å². The summed E-state index contributed by atoms with van der Waals surface area (Å²) in [6.45, 7) is 4.19. The Morgan fingerprint density at radius 3 is 2.55 bits per heavy atom. The van der Waals surface area contributed by atoms with E-state index < -0.39 is 0 Å². The molecule has 0 aliphatic carbocycles. The number of thiazole rings is 1. The van der Waals surface area contributed by atoms with E-state index in [2.05, 4.69) is 28.4 Å². The van der Waals surface area contributed by atoms with Crippen molar-refractivity contribution >= 4 is 33.4 Å². The van der Waals surface area contributed by atoms with Crippen LogP contribution < -0.4 is 5.32 Å². The number of hydrogen-bond donors (Lipinski definition) is 1. The fraction of sp³-hybridized carbons (Fsp3) is 0.375. The fourth-order valence-corrected chi connectivity index (χ4v) is 5.11. The summed E-state index contributed by atoms with van der Waals surface area (Å²) < 4.78 is 5.95. The first-order valence-electron chi connectivity index (χ1n) is 10.6. The molecular weight excluding hydrogens is 410 g/mol. The molecule has 0 bridgehead atoms. The molecule has 1 unspecified atom stereocenters. The van der Waals surface area contributed by atoms with Crippen LogP contribution in [0.1, 0.15) is 46.6 Å². The Kier molecular flexibility index (Phi) is 6.63. The molecule has 1 aromatic heterocycles. The first kappa shape index (κ1) is 21.5. The molecule has 31 heavy (non-hydrogen) atoms. The molecule has 1 fully saturated rings. The lowest BCUT2D eigenvalue weighted by Gasteiger charge is -2.34. The second kappa shape index (κ2) is 9.58. The molecule has 0 saturated carbocycles. The van der Waals surface area contributed by atoms with E-state index in [1.807, 2.05) is 25.1 Å². The Morgan fingerprint density at radius 1 is 1.16 bits per heavy atom. The second-order valence-electron chi connectivity index (χ2n) is 7.91. The molecular formula is C24H27N3O3S. The van der Waals surface area contributed by atoms with Gasteiger partial charge >= 0.3 is 5.97 Å². The molecule has 2 aromatic carbocycles. The highest BCUT2D eigenvalue weighted by molar-refractivity contribution is 7.18. The van der Waals surface area contributed by atoms with Gasteiger partial charge in [-0.25, -0.2) is 9.78 Å². The maximum Gasteiger partial charge on any atom is 0.337 e. The average Bonchev–Trinajstić information content (AvgIpc) is 3.26. The molecule has 162 valence electrons. The number of para-hydroxylation sites is 1. The topological polar surface area (TPSA) is 71.5 Å². The predicted molar refractivity (Wildman–Crippen MR) is 122 cm³/mol. The molecule has 0 radical (unpaired) electrons. The Labute approximate surface area is 186 Å². The van der Waals surface area contributed by atoms with E-state index in [-0.39, 0.29) is 17.9 Å². The number of carbonyl (C=O) groups is 2. The SMILES string of the molecule is COC(=O)c1ccc(CNC(=O)C(C)N2CCC(c3nc4ccccc4s3)CC2)cc1. The van der Waals surface area contributed by atoms with Gasteiger partial charge in [0, 0.05) is 12.5 Å². The van der Waals surface area contributed by atoms with Gasteiger partial charge in [0.15, 0.2) is 0 Å². The lowest BCUT2D eigenvalue weighted by Crippen LogP contribution is -2.47. The first-order valence-corrected chi connectivity index (χ1v) is 11.4. The zero-order valence-electron chi connectivity index (χ0n) is 17.8. The number of hydrogen-bond acceptors (Lipinski definition) is 6. The van der Waals surface area contributed by atoms with Gasteiger partial charge in [-0.05, 0) is 62.7 Å². The van der Waals surface area contributed by atoms with Gasteiger partial charge in [0.05, 0.1) is 33.9 Å². The van der Waals surface area contributed by atoms with Crippen molar-refractivity contribution in [1.82, 2.24) is 15.2 Å². The largest absolute Gasteiger partial charge is 0.465 e. The van der Waals surface area contributed by atoms with Crippen molar-refractivity contribution in [2.45, 2.75) is 38.3 Å². The number of nitrogens with one attached hydrogen (secondary N) is 1. The van der Waals surface area contributed by atoms with Crippen LogP contribution in [0, 0.1) is 0 Å². The number of fused-ring (bicyclic) bond motifs is 1. The maximum atomic E-state index is 12.7. The summed E-state index contributed by atoms with van der Waals surface area (Å²) in [6, 6.07) is 15.2. The van der Waals surface area contributed by atoms with E-state index in [1.54, 1.807) is 23.5 Å². The summed E-state index contributed by atoms with van der Waals surface area (Å²) in [5, 5.41) is 4.23. The summed E-state index contributed by atoms with van der Waals surface area (Å²) in [4.78, 5) is 31.3. The second-order valence-corrected chi connectivity index (χ2v) is 8.97. The number of ether oxygens (including phenoxy) is 1. The summed E-state index contributed by atoms with van der Waals surface area (Å²) in [6.07, 6.45) is 2.04. The number of piperidine rings is 1. The number of benzene rings is 2. The number of rotatable bonds is 6. The van der Waals surface area contributed by atoms with Gasteiger partial charge in [0.2, 0.25) is 5.91 Å². The van der Waals surface area contributed by atoms with Crippen molar-refractivity contribution in [2.75, 3.05) is 20.2 Å². The minimum absolute atomic E-state index is 0.0236. The van der Waals surface area contributed by atoms with E-state index in [1.165, 1.54) is 16.8 Å². The van der Waals surface area contributed by atoms with Crippen molar-refractivity contribution in [1.29, 1.82) is 0 Å². The molecule has 6 nitrogen and oxygen atoms in total. The summed E-state index contributed by atoms with van der Waals surface area (Å²) in [5.74, 6) is 0.131. The van der Waals surface area contributed by atoms with E-state index in [9.17, 15) is 9.59 Å². The molecule has 7 heteroatoms. The number of likely N-dealkylation sites (tertiary alicyclic amines) is 1. The van der Waals surface area contributed by atoms with Gasteiger partial charge in [-0.15, -0.1) is 11.3 Å². The van der Waals surface area contributed by atoms with Crippen LogP contribution in [0.15, 0.2) is 48.5 Å². The van der Waals surface area contributed by atoms with Crippen molar-refractivity contribution < 1.29 is 14.3 Å². The van der Waals surface area contributed by atoms with Gasteiger partial charge in [0.25, 0.3) is 0 Å². The van der Waals surface area contributed by atoms with E-state index in [0.29, 0.717) is 18.0 Å². The van der Waals surface area contributed by atoms with Gasteiger partial charge in [-0.1, -0.05) is 24.3 Å². The molecule has 1 aliphatic heterocycles. The van der Waals surface area contributed by atoms with Crippen LogP contribution in [0.2, 0.25) is 0 Å². The van der Waals surface area contributed by atoms with Crippen LogP contribution in [0.5, 0.6) is 0 Å². The molecule has 1 amide bonds. The number of amides is 1. The summed E-state index contributed by atoms with van der Waals surface area (Å²) >= 11 is 1.79. The Morgan fingerprint density at radius 2 is 1.87 bits per heavy atom. The molecule has 1 aliphatic rings. The maximum absolute atomic E-state index is 12.7. The monoisotopic (exact) mass is 437 g/mol. The van der Waals surface area contributed by atoms with Crippen LogP contribution in [0.25, 0.3) is 10.2 Å². The number of methoxy groups -OCH3 is 1. The third-order valence-electron chi connectivity index (χ3n) is 5.96. The smallest absolute Gasteiger partial charge is 0.337 e. The fourth-order valence-electron chi connectivity index (χ4n) is 3.98. The number of esters is 1. The van der Waals surface area contributed by atoms with Crippen LogP contribution in [0.3, 0.4) is 0 Å². The molecule has 1 saturated heterocycles. The highest BCUT2D eigenvalue weighted by Crippen LogP contribution is 2.34. The molecule has 1 atom stereocenters. The molecule has 1 N–H and O–H groups in total. The quantitative estimate of drug-likeness (QED) is 0.591. The van der Waals surface area contributed by atoms with Crippen LogP contribution in [0.4, 0.5) is 0 Å². The minimum atomic E-state index is -0.363. The van der Waals surface area contributed by atoms with E-state index in [0.717, 1.165) is 37.0 Å². The Hall–Kier alpha value is -2.77. The molecule has 2 heterocycles. The van der Waals surface area contributed by atoms with Gasteiger partial charge in [0.1, 0.15) is 0 Å². The molecule has 0 spiro atoms. The Balaban J connectivity index is 1.27. The number of carbonyl (C=O) groups excluding carboxylic acids is 2. The lowest BCUT2D eigenvalue weighted by atomic mass is 9.96. The van der Waals surface area contributed by atoms with Crippen LogP contribution in [-0.2, 0) is 16.1 Å². The van der Waals surface area contributed by atoms with Crippen molar-refractivity contribution in [2.24, 2.45) is 0 Å². The lowest BCUT2D eigenvalue weighted by molar-refractivity contribution is -0.126. The molecule has 3 aromatic rings. The van der Waals surface area contributed by atoms with Crippen LogP contribution in [-0.4, -0.2) is 48.0 Å². The highest BCUT2D eigenvalue weighted by atomic mass is 32.1. The number of aromatic nitrogens is 1. The van der Waals surface area contributed by atoms with Crippen molar-refractivity contribution in [3.8, 4) is 0 Å². The van der Waals surface area contributed by atoms with Crippen molar-refractivity contribution in [3.05, 3.63) is 64.7 Å². The Bertz CT molecular complexity index is 1020. The van der Waals surface area contributed by atoms with Gasteiger partial charge < -0.3 is 10.1 Å². The zero-order chi connectivity index (χ0) is 21.8. The third-order valence-corrected chi connectivity index (χ3v) is 7.16.